The number of nitrogens with zero attached hydrogens (tertiary/aromatic N) is 5. The lowest BCUT2D eigenvalue weighted by atomic mass is 9.93. The minimum absolute atomic E-state index is 0.0493. The van der Waals surface area contributed by atoms with Crippen molar-refractivity contribution >= 4 is 28.1 Å². The Hall–Kier alpha value is -3.22. The molecule has 1 saturated heterocycles. The molecule has 0 bridgehead atoms. The van der Waals surface area contributed by atoms with Gasteiger partial charge in [-0.15, -0.1) is 0 Å². The fourth-order valence-corrected chi connectivity index (χ4v) is 4.09. The number of fused-ring (bicyclic) bond motifs is 2. The number of hydrogen-bond acceptors (Lipinski definition) is 4. The molecule has 1 aliphatic heterocycles. The largest absolute Gasteiger partial charge is 0.342 e. The molecule has 0 aliphatic carbocycles. The van der Waals surface area contributed by atoms with Crippen molar-refractivity contribution in [3.63, 3.8) is 0 Å². The van der Waals surface area contributed by atoms with E-state index in [-0.39, 0.29) is 5.91 Å². The summed E-state index contributed by atoms with van der Waals surface area (Å²) in [5.74, 6) is 1.63. The van der Waals surface area contributed by atoms with Crippen LogP contribution in [-0.2, 0) is 13.5 Å². The third-order valence-corrected chi connectivity index (χ3v) is 5.65. The van der Waals surface area contributed by atoms with Gasteiger partial charge in [0.2, 0.25) is 0 Å². The van der Waals surface area contributed by atoms with Crippen LogP contribution in [-0.4, -0.2) is 48.4 Å². The van der Waals surface area contributed by atoms with E-state index in [1.165, 1.54) is 0 Å². The third-order valence-electron chi connectivity index (χ3n) is 5.65. The molecule has 0 unspecified atom stereocenters. The topological polar surface area (TPSA) is 79.7 Å². The molecule has 1 aliphatic rings. The van der Waals surface area contributed by atoms with Crippen molar-refractivity contribution in [2.75, 3.05) is 13.1 Å². The number of benzene rings is 1. The number of nitrogens with one attached hydrogen (secondary N) is 1. The highest BCUT2D eigenvalue weighted by Gasteiger charge is 2.26. The van der Waals surface area contributed by atoms with Crippen molar-refractivity contribution in [1.29, 1.82) is 0 Å². The van der Waals surface area contributed by atoms with Crippen LogP contribution in [0.2, 0.25) is 0 Å². The van der Waals surface area contributed by atoms with Crippen molar-refractivity contribution in [2.24, 2.45) is 13.0 Å². The SMILES string of the molecule is Cn1cnc2c(C(=O)N3CCC(Cc4nc5ccccc5[nH]4)CC3)ccnc21. The number of aryl methyl sites for hydroxylation is 1. The molecule has 142 valence electrons. The van der Waals surface area contributed by atoms with Crippen LogP contribution < -0.4 is 0 Å². The molecule has 7 heteroatoms. The molecule has 1 fully saturated rings. The average Bonchev–Trinajstić information content (AvgIpc) is 3.31. The van der Waals surface area contributed by atoms with Gasteiger partial charge in [-0.2, -0.15) is 0 Å². The predicted molar refractivity (Wildman–Crippen MR) is 107 cm³/mol. The molecule has 4 aromatic rings. The molecule has 0 atom stereocenters. The van der Waals surface area contributed by atoms with E-state index in [4.69, 9.17) is 4.98 Å². The predicted octanol–water partition coefficient (Wildman–Crippen LogP) is 2.94. The number of amides is 1. The minimum atomic E-state index is 0.0493. The lowest BCUT2D eigenvalue weighted by Crippen LogP contribution is -2.39. The number of rotatable bonds is 3. The lowest BCUT2D eigenvalue weighted by Gasteiger charge is -2.31. The number of pyridine rings is 1. The van der Waals surface area contributed by atoms with Crippen molar-refractivity contribution in [2.45, 2.75) is 19.3 Å². The second kappa shape index (κ2) is 6.74. The summed E-state index contributed by atoms with van der Waals surface area (Å²) in [6.07, 6.45) is 6.29. The molecule has 5 rings (SSSR count). The summed E-state index contributed by atoms with van der Waals surface area (Å²) in [7, 11) is 1.89. The Morgan fingerprint density at radius 3 is 2.82 bits per heavy atom. The maximum Gasteiger partial charge on any atom is 0.256 e. The summed E-state index contributed by atoms with van der Waals surface area (Å²) in [6, 6.07) is 9.89. The number of carbonyl (C=O) groups is 1. The van der Waals surface area contributed by atoms with E-state index >= 15 is 0 Å². The van der Waals surface area contributed by atoms with Crippen LogP contribution >= 0.6 is 0 Å². The summed E-state index contributed by atoms with van der Waals surface area (Å²) >= 11 is 0. The standard InChI is InChI=1S/C21H22N6O/c1-26-13-23-19-15(6-9-22-20(19)26)21(28)27-10-7-14(8-11-27)12-18-24-16-4-2-3-5-17(16)25-18/h2-6,9,13-14H,7-8,10-12H2,1H3,(H,24,25). The van der Waals surface area contributed by atoms with E-state index in [1.54, 1.807) is 18.6 Å². The Kier molecular flexibility index (Phi) is 4.07. The fourth-order valence-electron chi connectivity index (χ4n) is 4.09. The van der Waals surface area contributed by atoms with Gasteiger partial charge in [0.05, 0.1) is 22.9 Å². The van der Waals surface area contributed by atoms with Gasteiger partial charge >= 0.3 is 0 Å². The van der Waals surface area contributed by atoms with E-state index in [0.29, 0.717) is 17.0 Å². The molecule has 1 aromatic carbocycles. The van der Waals surface area contributed by atoms with Crippen LogP contribution in [0.5, 0.6) is 0 Å². The molecule has 1 N–H and O–H groups in total. The highest BCUT2D eigenvalue weighted by atomic mass is 16.2. The number of para-hydroxylation sites is 2. The normalized spacial score (nSPS) is 15.5. The summed E-state index contributed by atoms with van der Waals surface area (Å²) in [6.45, 7) is 1.53. The van der Waals surface area contributed by atoms with Gasteiger partial charge in [-0.05, 0) is 37.0 Å². The monoisotopic (exact) mass is 374 g/mol. The number of carbonyl (C=O) groups excluding carboxylic acids is 1. The Morgan fingerprint density at radius 2 is 2.00 bits per heavy atom. The van der Waals surface area contributed by atoms with Gasteiger partial charge in [-0.3, -0.25) is 4.79 Å². The van der Waals surface area contributed by atoms with Crippen molar-refractivity contribution in [3.05, 3.63) is 54.2 Å². The third kappa shape index (κ3) is 2.93. The second-order valence-corrected chi connectivity index (χ2v) is 7.53. The Labute approximate surface area is 162 Å². The van der Waals surface area contributed by atoms with Crippen LogP contribution in [0.4, 0.5) is 0 Å². The van der Waals surface area contributed by atoms with Gasteiger partial charge < -0.3 is 14.5 Å². The van der Waals surface area contributed by atoms with E-state index in [9.17, 15) is 4.79 Å². The molecule has 1 amide bonds. The molecule has 28 heavy (non-hydrogen) atoms. The maximum atomic E-state index is 13.0. The first-order valence-electron chi connectivity index (χ1n) is 9.68. The highest BCUT2D eigenvalue weighted by molar-refractivity contribution is 6.04. The molecular formula is C21H22N6O. The van der Waals surface area contributed by atoms with Gasteiger partial charge in [-0.1, -0.05) is 12.1 Å². The number of piperidine rings is 1. The van der Waals surface area contributed by atoms with E-state index in [2.05, 4.69) is 21.0 Å². The van der Waals surface area contributed by atoms with Crippen LogP contribution in [0.25, 0.3) is 22.2 Å². The van der Waals surface area contributed by atoms with Crippen LogP contribution in [0.3, 0.4) is 0 Å². The van der Waals surface area contributed by atoms with Gasteiger partial charge in [0, 0.05) is 32.8 Å². The quantitative estimate of drug-likeness (QED) is 0.598. The maximum absolute atomic E-state index is 13.0. The van der Waals surface area contributed by atoms with Crippen molar-refractivity contribution < 1.29 is 4.79 Å². The van der Waals surface area contributed by atoms with E-state index in [0.717, 1.165) is 54.9 Å². The first kappa shape index (κ1) is 16.9. The smallest absolute Gasteiger partial charge is 0.256 e. The minimum Gasteiger partial charge on any atom is -0.342 e. The zero-order valence-electron chi connectivity index (χ0n) is 15.8. The van der Waals surface area contributed by atoms with Crippen LogP contribution in [0, 0.1) is 5.92 Å². The first-order chi connectivity index (χ1) is 13.7. The molecule has 0 saturated carbocycles. The van der Waals surface area contributed by atoms with Crippen LogP contribution in [0.1, 0.15) is 29.0 Å². The molecule has 3 aromatic heterocycles. The Morgan fingerprint density at radius 1 is 1.18 bits per heavy atom. The summed E-state index contributed by atoms with van der Waals surface area (Å²) in [5.41, 5.74) is 4.16. The molecular weight excluding hydrogens is 352 g/mol. The number of H-pyrrole nitrogens is 1. The summed E-state index contributed by atoms with van der Waals surface area (Å²) in [4.78, 5) is 31.8. The van der Waals surface area contributed by atoms with E-state index in [1.807, 2.05) is 34.7 Å². The summed E-state index contributed by atoms with van der Waals surface area (Å²) < 4.78 is 1.84. The van der Waals surface area contributed by atoms with Gasteiger partial charge in [0.1, 0.15) is 11.3 Å². The van der Waals surface area contributed by atoms with Gasteiger partial charge in [-0.25, -0.2) is 15.0 Å². The molecule has 7 nitrogen and oxygen atoms in total. The molecule has 0 spiro atoms. The number of aromatic nitrogens is 5. The zero-order valence-corrected chi connectivity index (χ0v) is 15.8. The van der Waals surface area contributed by atoms with Gasteiger partial charge in [0.25, 0.3) is 5.91 Å². The van der Waals surface area contributed by atoms with Crippen LogP contribution in [0.15, 0.2) is 42.9 Å². The lowest BCUT2D eigenvalue weighted by molar-refractivity contribution is 0.0691. The van der Waals surface area contributed by atoms with E-state index < -0.39 is 0 Å². The first-order valence-corrected chi connectivity index (χ1v) is 9.68. The molecule has 0 radical (unpaired) electrons. The second-order valence-electron chi connectivity index (χ2n) is 7.53. The Bertz CT molecular complexity index is 1120. The number of hydrogen-bond donors (Lipinski definition) is 1. The average molecular weight is 374 g/mol. The van der Waals surface area contributed by atoms with Gasteiger partial charge in [0.15, 0.2) is 5.65 Å². The number of aromatic amines is 1. The zero-order chi connectivity index (χ0) is 19.1. The fraction of sp³-hybridized carbons (Fsp3) is 0.333. The molecule has 4 heterocycles. The number of likely N-dealkylation sites (tertiary alicyclic amines) is 1. The highest BCUT2D eigenvalue weighted by Crippen LogP contribution is 2.24. The number of imidazole rings is 2. The Balaban J connectivity index is 1.27. The van der Waals surface area contributed by atoms with Crippen molar-refractivity contribution in [3.8, 4) is 0 Å². The van der Waals surface area contributed by atoms with Crippen molar-refractivity contribution in [1.82, 2.24) is 29.4 Å². The summed E-state index contributed by atoms with van der Waals surface area (Å²) in [5, 5.41) is 0.